The van der Waals surface area contributed by atoms with Crippen LogP contribution in [0.25, 0.3) is 0 Å². The zero-order valence-electron chi connectivity index (χ0n) is 16.8. The largest absolute Gasteiger partial charge is 0.491 e. The number of hydrogen-bond donors (Lipinski definition) is 3. The topological polar surface area (TPSA) is 131 Å². The normalized spacial score (nSPS) is 12.7. The van der Waals surface area contributed by atoms with E-state index in [-0.39, 0.29) is 18.8 Å². The molecular formula is C22H23NO8. The van der Waals surface area contributed by atoms with Crippen LogP contribution in [0.3, 0.4) is 0 Å². The molecule has 0 saturated heterocycles. The van der Waals surface area contributed by atoms with Gasteiger partial charge in [-0.2, -0.15) is 0 Å². The quantitative estimate of drug-likeness (QED) is 0.491. The van der Waals surface area contributed by atoms with Gasteiger partial charge < -0.3 is 24.4 Å². The molecule has 0 aliphatic rings. The minimum absolute atomic E-state index is 0.116. The molecule has 2 aromatic carbocycles. The summed E-state index contributed by atoms with van der Waals surface area (Å²) in [7, 11) is 1.33. The van der Waals surface area contributed by atoms with Crippen molar-refractivity contribution in [3.8, 4) is 5.75 Å². The molecule has 0 spiro atoms. The highest BCUT2D eigenvalue weighted by atomic mass is 16.6. The molecule has 2 aromatic rings. The minimum Gasteiger partial charge on any atom is -0.491 e. The predicted molar refractivity (Wildman–Crippen MR) is 110 cm³/mol. The van der Waals surface area contributed by atoms with Gasteiger partial charge in [-0.05, 0) is 35.9 Å². The SMILES string of the molecule is CO[C@H](/C=C/C(=O)O)[C@H](OC(=O)NC(=O)c1ccccc1)c1ccc(OCCO)cc1. The van der Waals surface area contributed by atoms with Crippen molar-refractivity contribution in [2.75, 3.05) is 20.3 Å². The number of benzene rings is 2. The zero-order valence-corrected chi connectivity index (χ0v) is 16.8. The fourth-order valence-electron chi connectivity index (χ4n) is 2.62. The predicted octanol–water partition coefficient (Wildman–Crippen LogP) is 2.32. The number of rotatable bonds is 10. The van der Waals surface area contributed by atoms with Gasteiger partial charge in [0.15, 0.2) is 6.10 Å². The number of aliphatic hydroxyl groups excluding tert-OH is 1. The van der Waals surface area contributed by atoms with Crippen LogP contribution in [0.1, 0.15) is 22.0 Å². The first kappa shape index (κ1) is 23.6. The number of carbonyl (C=O) groups excluding carboxylic acids is 2. The van der Waals surface area contributed by atoms with Crippen LogP contribution in [0.5, 0.6) is 5.75 Å². The second-order valence-corrected chi connectivity index (χ2v) is 6.18. The molecule has 0 aromatic heterocycles. The van der Waals surface area contributed by atoms with Crippen molar-refractivity contribution in [3.05, 3.63) is 77.9 Å². The summed E-state index contributed by atoms with van der Waals surface area (Å²) >= 11 is 0. The first-order valence-corrected chi connectivity index (χ1v) is 9.29. The number of alkyl carbamates (subject to hydrolysis) is 1. The van der Waals surface area contributed by atoms with E-state index in [0.29, 0.717) is 11.3 Å². The summed E-state index contributed by atoms with van der Waals surface area (Å²) in [6.07, 6.45) is -0.926. The molecule has 2 amide bonds. The molecular weight excluding hydrogens is 406 g/mol. The van der Waals surface area contributed by atoms with Crippen molar-refractivity contribution in [2.24, 2.45) is 0 Å². The lowest BCUT2D eigenvalue weighted by molar-refractivity contribution is -0.131. The lowest BCUT2D eigenvalue weighted by Crippen LogP contribution is -2.34. The molecule has 0 aliphatic heterocycles. The van der Waals surface area contributed by atoms with Gasteiger partial charge >= 0.3 is 12.1 Å². The Labute approximate surface area is 178 Å². The van der Waals surface area contributed by atoms with E-state index in [1.54, 1.807) is 54.6 Å². The van der Waals surface area contributed by atoms with Crippen molar-refractivity contribution >= 4 is 18.0 Å². The fraction of sp³-hybridized carbons (Fsp3) is 0.227. The molecule has 3 N–H and O–H groups in total. The maximum absolute atomic E-state index is 12.4. The number of carboxylic acid groups (broad SMARTS) is 1. The van der Waals surface area contributed by atoms with Gasteiger partial charge in [-0.3, -0.25) is 10.1 Å². The number of methoxy groups -OCH3 is 1. The highest BCUT2D eigenvalue weighted by Crippen LogP contribution is 2.26. The van der Waals surface area contributed by atoms with Gasteiger partial charge in [0.25, 0.3) is 5.91 Å². The number of amides is 2. The van der Waals surface area contributed by atoms with E-state index in [2.05, 4.69) is 5.32 Å². The van der Waals surface area contributed by atoms with Gasteiger partial charge in [0.05, 0.1) is 6.61 Å². The average Bonchev–Trinajstić information content (AvgIpc) is 2.78. The van der Waals surface area contributed by atoms with Crippen LogP contribution in [0, 0.1) is 0 Å². The van der Waals surface area contributed by atoms with Crippen molar-refractivity contribution in [3.63, 3.8) is 0 Å². The molecule has 0 saturated carbocycles. The smallest absolute Gasteiger partial charge is 0.414 e. The maximum atomic E-state index is 12.4. The van der Waals surface area contributed by atoms with Crippen LogP contribution < -0.4 is 10.1 Å². The minimum atomic E-state index is -1.20. The van der Waals surface area contributed by atoms with E-state index in [9.17, 15) is 14.4 Å². The molecule has 9 nitrogen and oxygen atoms in total. The number of ether oxygens (including phenoxy) is 3. The number of carboxylic acids is 1. The highest BCUT2D eigenvalue weighted by molar-refractivity contribution is 6.02. The van der Waals surface area contributed by atoms with Crippen molar-refractivity contribution < 1.29 is 38.8 Å². The summed E-state index contributed by atoms with van der Waals surface area (Å²) in [6.45, 7) is -0.0276. The summed E-state index contributed by atoms with van der Waals surface area (Å²) in [5.41, 5.74) is 0.746. The van der Waals surface area contributed by atoms with E-state index >= 15 is 0 Å². The molecule has 0 bridgehead atoms. The highest BCUT2D eigenvalue weighted by Gasteiger charge is 2.26. The molecule has 9 heteroatoms. The first-order valence-electron chi connectivity index (χ1n) is 9.29. The molecule has 164 valence electrons. The number of aliphatic carboxylic acids is 1. The Bertz CT molecular complexity index is 895. The van der Waals surface area contributed by atoms with Crippen molar-refractivity contribution in [2.45, 2.75) is 12.2 Å². The van der Waals surface area contributed by atoms with Crippen LogP contribution in [0.4, 0.5) is 4.79 Å². The lowest BCUT2D eigenvalue weighted by atomic mass is 10.0. The van der Waals surface area contributed by atoms with Crippen LogP contribution in [-0.2, 0) is 14.3 Å². The molecule has 0 unspecified atom stereocenters. The van der Waals surface area contributed by atoms with Gasteiger partial charge in [-0.1, -0.05) is 30.3 Å². The summed E-state index contributed by atoms with van der Waals surface area (Å²) in [6, 6.07) is 14.5. The Morgan fingerprint density at radius 1 is 1.06 bits per heavy atom. The van der Waals surface area contributed by atoms with Crippen molar-refractivity contribution in [1.82, 2.24) is 5.32 Å². The Hall–Kier alpha value is -3.69. The van der Waals surface area contributed by atoms with Gasteiger partial charge in [0.1, 0.15) is 18.5 Å². The molecule has 0 fully saturated rings. The van der Waals surface area contributed by atoms with Crippen LogP contribution in [-0.4, -0.2) is 54.6 Å². The lowest BCUT2D eigenvalue weighted by Gasteiger charge is -2.24. The van der Waals surface area contributed by atoms with E-state index in [4.69, 9.17) is 24.4 Å². The molecule has 2 atom stereocenters. The summed E-state index contributed by atoms with van der Waals surface area (Å²) in [4.78, 5) is 35.5. The van der Waals surface area contributed by atoms with E-state index in [1.807, 2.05) is 0 Å². The van der Waals surface area contributed by atoms with Crippen LogP contribution in [0.2, 0.25) is 0 Å². The third kappa shape index (κ3) is 7.57. The molecule has 0 aliphatic carbocycles. The number of aliphatic hydroxyl groups is 1. The van der Waals surface area contributed by atoms with Gasteiger partial charge in [-0.15, -0.1) is 0 Å². The first-order chi connectivity index (χ1) is 14.9. The average molecular weight is 429 g/mol. The van der Waals surface area contributed by atoms with E-state index in [0.717, 1.165) is 6.08 Å². The Kier molecular flexibility index (Phi) is 9.21. The van der Waals surface area contributed by atoms with Gasteiger partial charge in [0.2, 0.25) is 0 Å². The fourth-order valence-corrected chi connectivity index (χ4v) is 2.62. The third-order valence-corrected chi connectivity index (χ3v) is 4.05. The zero-order chi connectivity index (χ0) is 22.6. The molecule has 0 radical (unpaired) electrons. The summed E-state index contributed by atoms with van der Waals surface area (Å²) < 4.78 is 16.0. The van der Waals surface area contributed by atoms with E-state index in [1.165, 1.54) is 13.2 Å². The Morgan fingerprint density at radius 2 is 1.74 bits per heavy atom. The standard InChI is InChI=1S/C22H23NO8/c1-29-18(11-12-19(25)26)20(15-7-9-17(10-8-15)30-14-13-24)31-22(28)23-21(27)16-5-3-2-4-6-16/h2-12,18,20,24H,13-14H2,1H3,(H,25,26)(H,23,27,28)/b12-11+/t18-,20-/m1/s1. The Morgan fingerprint density at radius 3 is 2.32 bits per heavy atom. The monoisotopic (exact) mass is 429 g/mol. The number of imide groups is 1. The summed E-state index contributed by atoms with van der Waals surface area (Å²) in [5.74, 6) is -1.36. The second-order valence-electron chi connectivity index (χ2n) is 6.18. The van der Waals surface area contributed by atoms with Crippen LogP contribution >= 0.6 is 0 Å². The molecule has 2 rings (SSSR count). The van der Waals surface area contributed by atoms with E-state index < -0.39 is 30.2 Å². The summed E-state index contributed by atoms with van der Waals surface area (Å²) in [5, 5.41) is 19.9. The molecule has 0 heterocycles. The number of hydrogen-bond acceptors (Lipinski definition) is 7. The second kappa shape index (κ2) is 12.1. The third-order valence-electron chi connectivity index (χ3n) is 4.05. The van der Waals surface area contributed by atoms with Gasteiger partial charge in [-0.25, -0.2) is 9.59 Å². The molecule has 31 heavy (non-hydrogen) atoms. The number of nitrogens with one attached hydrogen (secondary N) is 1. The maximum Gasteiger partial charge on any atom is 0.414 e. The van der Waals surface area contributed by atoms with Gasteiger partial charge in [0, 0.05) is 18.7 Å². The van der Waals surface area contributed by atoms with Crippen LogP contribution in [0.15, 0.2) is 66.7 Å². The van der Waals surface area contributed by atoms with Crippen molar-refractivity contribution in [1.29, 1.82) is 0 Å². The number of carbonyl (C=O) groups is 3. The Balaban J connectivity index is 2.21.